The van der Waals surface area contributed by atoms with Gasteiger partial charge in [-0.1, -0.05) is 12.1 Å². The molecule has 0 radical (unpaired) electrons. The van der Waals surface area contributed by atoms with E-state index in [-0.39, 0.29) is 24.5 Å². The molecule has 0 spiro atoms. The van der Waals surface area contributed by atoms with Crippen LogP contribution in [0.15, 0.2) is 42.5 Å². The number of benzene rings is 2. The molecule has 0 fully saturated rings. The number of nitrogens with one attached hydrogen (secondary N) is 1. The molecular weight excluding hydrogens is 346 g/mol. The van der Waals surface area contributed by atoms with Gasteiger partial charge in [-0.05, 0) is 42.3 Å². The highest BCUT2D eigenvalue weighted by Crippen LogP contribution is 2.31. The van der Waals surface area contributed by atoms with E-state index in [1.807, 2.05) is 24.3 Å². The number of ketones is 1. The van der Waals surface area contributed by atoms with Gasteiger partial charge in [-0.15, -0.1) is 0 Å². The van der Waals surface area contributed by atoms with Gasteiger partial charge in [0.1, 0.15) is 19.0 Å². The third kappa shape index (κ3) is 5.23. The van der Waals surface area contributed by atoms with E-state index < -0.39 is 0 Å². The maximum absolute atomic E-state index is 12.3. The molecule has 0 unspecified atom stereocenters. The molecule has 1 aliphatic heterocycles. The average Bonchev–Trinajstić information content (AvgIpc) is 2.71. The van der Waals surface area contributed by atoms with Gasteiger partial charge < -0.3 is 19.5 Å². The molecule has 1 amide bonds. The minimum Gasteiger partial charge on any atom is -0.497 e. The van der Waals surface area contributed by atoms with Crippen molar-refractivity contribution in [3.63, 3.8) is 0 Å². The fourth-order valence-electron chi connectivity index (χ4n) is 2.85. The molecule has 142 valence electrons. The number of methoxy groups -OCH3 is 1. The fourth-order valence-corrected chi connectivity index (χ4v) is 2.85. The average molecular weight is 369 g/mol. The van der Waals surface area contributed by atoms with Crippen LogP contribution in [0.25, 0.3) is 0 Å². The number of hydrogen-bond acceptors (Lipinski definition) is 5. The minimum absolute atomic E-state index is 0.0880. The van der Waals surface area contributed by atoms with Crippen molar-refractivity contribution in [2.24, 2.45) is 0 Å². The minimum atomic E-state index is -0.135. The Balaban J connectivity index is 1.42. The Labute approximate surface area is 158 Å². The molecule has 0 saturated carbocycles. The molecule has 27 heavy (non-hydrogen) atoms. The van der Waals surface area contributed by atoms with E-state index in [4.69, 9.17) is 14.2 Å². The molecule has 2 aromatic carbocycles. The lowest BCUT2D eigenvalue weighted by atomic mass is 10.1. The predicted molar refractivity (Wildman–Crippen MR) is 101 cm³/mol. The van der Waals surface area contributed by atoms with Crippen LogP contribution in [-0.4, -0.2) is 38.6 Å². The van der Waals surface area contributed by atoms with E-state index in [9.17, 15) is 9.59 Å². The van der Waals surface area contributed by atoms with Crippen LogP contribution in [0.3, 0.4) is 0 Å². The summed E-state index contributed by atoms with van der Waals surface area (Å²) in [6.07, 6.45) is 1.02. The molecule has 1 heterocycles. The van der Waals surface area contributed by atoms with Gasteiger partial charge in [0, 0.05) is 24.9 Å². The van der Waals surface area contributed by atoms with Crippen molar-refractivity contribution >= 4 is 11.7 Å². The molecule has 3 rings (SSSR count). The highest BCUT2D eigenvalue weighted by Gasteiger charge is 2.15. The zero-order valence-corrected chi connectivity index (χ0v) is 15.3. The molecule has 0 aromatic heterocycles. The van der Waals surface area contributed by atoms with Crippen molar-refractivity contribution in [3.05, 3.63) is 53.6 Å². The summed E-state index contributed by atoms with van der Waals surface area (Å²) in [5.74, 6) is 1.80. The Bertz CT molecular complexity index is 818. The number of fused-ring (bicyclic) bond motifs is 1. The van der Waals surface area contributed by atoms with Crippen LogP contribution in [0.5, 0.6) is 17.2 Å². The van der Waals surface area contributed by atoms with Gasteiger partial charge in [0.2, 0.25) is 5.91 Å². The Morgan fingerprint density at radius 1 is 1.04 bits per heavy atom. The first-order valence-electron chi connectivity index (χ1n) is 8.98. The van der Waals surface area contributed by atoms with Crippen LogP contribution in [-0.2, 0) is 11.2 Å². The molecule has 0 aliphatic carbocycles. The zero-order chi connectivity index (χ0) is 19.1. The number of amides is 1. The van der Waals surface area contributed by atoms with Crippen molar-refractivity contribution in [2.45, 2.75) is 19.3 Å². The molecule has 1 aliphatic rings. The molecule has 1 N–H and O–H groups in total. The topological polar surface area (TPSA) is 73.9 Å². The number of carbonyl (C=O) groups is 2. The highest BCUT2D eigenvalue weighted by atomic mass is 16.6. The number of hydrogen-bond donors (Lipinski definition) is 1. The van der Waals surface area contributed by atoms with Crippen LogP contribution in [0.1, 0.15) is 28.8 Å². The van der Waals surface area contributed by atoms with Gasteiger partial charge in [-0.3, -0.25) is 9.59 Å². The second-order valence-corrected chi connectivity index (χ2v) is 6.23. The molecule has 2 aromatic rings. The van der Waals surface area contributed by atoms with Crippen LogP contribution < -0.4 is 19.5 Å². The molecule has 0 bridgehead atoms. The predicted octanol–water partition coefficient (Wildman–Crippen LogP) is 2.79. The first-order chi connectivity index (χ1) is 13.2. The first kappa shape index (κ1) is 18.8. The zero-order valence-electron chi connectivity index (χ0n) is 15.3. The van der Waals surface area contributed by atoms with Gasteiger partial charge in [-0.2, -0.15) is 0 Å². The summed E-state index contributed by atoms with van der Waals surface area (Å²) in [6.45, 7) is 1.50. The van der Waals surface area contributed by atoms with Crippen molar-refractivity contribution in [3.8, 4) is 17.2 Å². The number of Topliss-reactive ketones (excluding diaryl/α,β-unsaturated/α-hetero) is 1. The summed E-state index contributed by atoms with van der Waals surface area (Å²) in [5.41, 5.74) is 1.62. The summed E-state index contributed by atoms with van der Waals surface area (Å²) in [7, 11) is 1.62. The molecule has 0 atom stereocenters. The van der Waals surface area contributed by atoms with Crippen molar-refractivity contribution in [1.29, 1.82) is 0 Å². The van der Waals surface area contributed by atoms with Gasteiger partial charge in [-0.25, -0.2) is 0 Å². The molecule has 6 heteroatoms. The van der Waals surface area contributed by atoms with Gasteiger partial charge in [0.05, 0.1) is 7.11 Å². The third-order valence-corrected chi connectivity index (χ3v) is 4.31. The second-order valence-electron chi connectivity index (χ2n) is 6.23. The van der Waals surface area contributed by atoms with Gasteiger partial charge in [0.25, 0.3) is 0 Å². The lowest BCUT2D eigenvalue weighted by Crippen LogP contribution is -2.26. The summed E-state index contributed by atoms with van der Waals surface area (Å²) in [4.78, 5) is 24.3. The monoisotopic (exact) mass is 369 g/mol. The SMILES string of the molecule is COc1cccc(CCNC(=O)CCC(=O)c2ccc3c(c2)OCCO3)c1. The Hall–Kier alpha value is -3.02. The number of rotatable bonds is 8. The standard InChI is InChI=1S/C21H23NO5/c1-25-17-4-2-3-15(13-17)9-10-22-21(24)8-6-18(23)16-5-7-19-20(14-16)27-12-11-26-19/h2-5,7,13-14H,6,8-12H2,1H3,(H,22,24). The summed E-state index contributed by atoms with van der Waals surface area (Å²) in [5, 5.41) is 2.85. The van der Waals surface area contributed by atoms with Crippen molar-refractivity contribution < 1.29 is 23.8 Å². The van der Waals surface area contributed by atoms with Crippen molar-refractivity contribution in [1.82, 2.24) is 5.32 Å². The fraction of sp³-hybridized carbons (Fsp3) is 0.333. The van der Waals surface area contributed by atoms with Crippen LogP contribution in [0.2, 0.25) is 0 Å². The summed E-state index contributed by atoms with van der Waals surface area (Å²) in [6, 6.07) is 12.8. The third-order valence-electron chi connectivity index (χ3n) is 4.31. The summed E-state index contributed by atoms with van der Waals surface area (Å²) >= 11 is 0. The van der Waals surface area contributed by atoms with E-state index >= 15 is 0 Å². The van der Waals surface area contributed by atoms with E-state index in [1.54, 1.807) is 25.3 Å². The van der Waals surface area contributed by atoms with Crippen molar-refractivity contribution in [2.75, 3.05) is 26.9 Å². The molecule has 6 nitrogen and oxygen atoms in total. The van der Waals surface area contributed by atoms with E-state index in [0.29, 0.717) is 43.2 Å². The van der Waals surface area contributed by atoms with E-state index in [2.05, 4.69) is 5.32 Å². The smallest absolute Gasteiger partial charge is 0.220 e. The van der Waals surface area contributed by atoms with Gasteiger partial charge in [0.15, 0.2) is 17.3 Å². The molecule has 0 saturated heterocycles. The quantitative estimate of drug-likeness (QED) is 0.725. The van der Waals surface area contributed by atoms with E-state index in [1.165, 1.54) is 0 Å². The lowest BCUT2D eigenvalue weighted by Gasteiger charge is -2.18. The normalized spacial score (nSPS) is 12.3. The number of carbonyl (C=O) groups excluding carboxylic acids is 2. The highest BCUT2D eigenvalue weighted by molar-refractivity contribution is 5.98. The van der Waals surface area contributed by atoms with Crippen LogP contribution in [0, 0.1) is 0 Å². The first-order valence-corrected chi connectivity index (χ1v) is 8.98. The maximum Gasteiger partial charge on any atom is 0.220 e. The summed E-state index contributed by atoms with van der Waals surface area (Å²) < 4.78 is 16.1. The largest absolute Gasteiger partial charge is 0.497 e. The van der Waals surface area contributed by atoms with Crippen LogP contribution >= 0.6 is 0 Å². The van der Waals surface area contributed by atoms with E-state index in [0.717, 1.165) is 11.3 Å². The lowest BCUT2D eigenvalue weighted by molar-refractivity contribution is -0.121. The number of ether oxygens (including phenoxy) is 3. The molecular formula is C21H23NO5. The Morgan fingerprint density at radius 2 is 1.85 bits per heavy atom. The second kappa shape index (κ2) is 9.07. The maximum atomic E-state index is 12.3. The Morgan fingerprint density at radius 3 is 2.67 bits per heavy atom. The van der Waals surface area contributed by atoms with Gasteiger partial charge >= 0.3 is 0 Å². The van der Waals surface area contributed by atoms with Crippen LogP contribution in [0.4, 0.5) is 0 Å². The Kier molecular flexibility index (Phi) is 6.30.